The lowest BCUT2D eigenvalue weighted by molar-refractivity contribution is -0.134. The number of rotatable bonds is 8. The van der Waals surface area contributed by atoms with Crippen molar-refractivity contribution < 1.29 is 14.7 Å². The van der Waals surface area contributed by atoms with Gasteiger partial charge in [-0.25, -0.2) is 0 Å². The predicted molar refractivity (Wildman–Crippen MR) is 94.3 cm³/mol. The van der Waals surface area contributed by atoms with Crippen molar-refractivity contribution >= 4 is 17.6 Å². The minimum absolute atomic E-state index is 0.0494. The molecule has 2 rings (SSSR count). The fourth-order valence-electron chi connectivity index (χ4n) is 2.36. The predicted octanol–water partition coefficient (Wildman–Crippen LogP) is 2.93. The fraction of sp³-hybridized carbons (Fsp3) is 0.263. The average Bonchev–Trinajstić information content (AvgIpc) is 2.59. The maximum Gasteiger partial charge on any atom is 0.322 e. The monoisotopic (exact) mass is 326 g/mol. The highest BCUT2D eigenvalue weighted by Crippen LogP contribution is 2.11. The summed E-state index contributed by atoms with van der Waals surface area (Å²) in [7, 11) is 0. The number of carbonyl (C=O) groups excluding carboxylic acids is 1. The van der Waals surface area contributed by atoms with E-state index in [1.807, 2.05) is 25.1 Å². The number of amides is 1. The molecular formula is C19H22N2O3. The van der Waals surface area contributed by atoms with Crippen molar-refractivity contribution in [2.45, 2.75) is 25.8 Å². The average molecular weight is 326 g/mol. The first kappa shape index (κ1) is 17.5. The number of aryl methyl sites for hydroxylation is 1. The summed E-state index contributed by atoms with van der Waals surface area (Å²) in [6.45, 7) is 1.80. The smallest absolute Gasteiger partial charge is 0.322 e. The third kappa shape index (κ3) is 5.76. The van der Waals surface area contributed by atoms with Crippen LogP contribution in [0.4, 0.5) is 5.69 Å². The summed E-state index contributed by atoms with van der Waals surface area (Å²) in [5.41, 5.74) is 2.37. The van der Waals surface area contributed by atoms with Crippen LogP contribution in [0, 0.1) is 0 Å². The molecule has 0 fully saturated rings. The molecular weight excluding hydrogens is 304 g/mol. The topological polar surface area (TPSA) is 78.4 Å². The van der Waals surface area contributed by atoms with E-state index in [1.54, 1.807) is 24.3 Å². The van der Waals surface area contributed by atoms with E-state index in [9.17, 15) is 9.59 Å². The Morgan fingerprint density at radius 1 is 1.08 bits per heavy atom. The third-order valence-electron chi connectivity index (χ3n) is 3.65. The normalized spacial score (nSPS) is 11.5. The summed E-state index contributed by atoms with van der Waals surface area (Å²) in [6, 6.07) is 17.0. The van der Waals surface area contributed by atoms with Gasteiger partial charge in [-0.1, -0.05) is 36.4 Å². The van der Waals surface area contributed by atoms with Crippen LogP contribution < -0.4 is 10.6 Å². The highest BCUT2D eigenvalue weighted by molar-refractivity contribution is 5.95. The lowest BCUT2D eigenvalue weighted by Gasteiger charge is -2.14. The van der Waals surface area contributed by atoms with E-state index >= 15 is 0 Å². The molecule has 1 atom stereocenters. The number of carboxylic acid groups (broad SMARTS) is 1. The molecule has 5 heteroatoms. The second kappa shape index (κ2) is 8.72. The highest BCUT2D eigenvalue weighted by atomic mass is 16.4. The molecule has 0 radical (unpaired) electrons. The SMILES string of the molecule is C[C@H](CCc1ccccc1)NC(=O)c1cccc(NCC(=O)O)c1. The van der Waals surface area contributed by atoms with Gasteiger partial charge in [0, 0.05) is 17.3 Å². The molecule has 0 saturated heterocycles. The van der Waals surface area contributed by atoms with Gasteiger partial charge in [-0.3, -0.25) is 9.59 Å². The first-order chi connectivity index (χ1) is 11.5. The Bertz CT molecular complexity index is 686. The zero-order chi connectivity index (χ0) is 17.4. The number of nitrogens with one attached hydrogen (secondary N) is 2. The molecule has 0 bridgehead atoms. The zero-order valence-electron chi connectivity index (χ0n) is 13.7. The van der Waals surface area contributed by atoms with Crippen LogP contribution in [0.3, 0.4) is 0 Å². The maximum atomic E-state index is 12.3. The first-order valence-corrected chi connectivity index (χ1v) is 7.95. The van der Waals surface area contributed by atoms with Gasteiger partial charge in [0.15, 0.2) is 0 Å². The number of anilines is 1. The van der Waals surface area contributed by atoms with E-state index in [-0.39, 0.29) is 18.5 Å². The van der Waals surface area contributed by atoms with Crippen molar-refractivity contribution in [3.8, 4) is 0 Å². The quantitative estimate of drug-likeness (QED) is 0.697. The van der Waals surface area contributed by atoms with E-state index in [2.05, 4.69) is 22.8 Å². The van der Waals surface area contributed by atoms with E-state index in [4.69, 9.17) is 5.11 Å². The Balaban J connectivity index is 1.87. The van der Waals surface area contributed by atoms with Gasteiger partial charge in [0.1, 0.15) is 6.54 Å². The molecule has 0 aliphatic rings. The summed E-state index contributed by atoms with van der Waals surface area (Å²) in [5, 5.41) is 14.4. The molecule has 1 amide bonds. The van der Waals surface area contributed by atoms with Crippen LogP contribution in [0.25, 0.3) is 0 Å². The van der Waals surface area contributed by atoms with Crippen LogP contribution in [0.15, 0.2) is 54.6 Å². The summed E-state index contributed by atoms with van der Waals surface area (Å²) in [5.74, 6) is -1.10. The van der Waals surface area contributed by atoms with Crippen molar-refractivity contribution in [2.75, 3.05) is 11.9 Å². The summed E-state index contributed by atoms with van der Waals surface area (Å²) in [6.07, 6.45) is 1.76. The molecule has 126 valence electrons. The standard InChI is InChI=1S/C19H22N2O3/c1-14(10-11-15-6-3-2-4-7-15)21-19(24)16-8-5-9-17(12-16)20-13-18(22)23/h2-9,12,14,20H,10-11,13H2,1H3,(H,21,24)(H,22,23)/t14-/m1/s1. The second-order valence-electron chi connectivity index (χ2n) is 5.73. The Labute approximate surface area is 141 Å². The fourth-order valence-corrected chi connectivity index (χ4v) is 2.36. The van der Waals surface area contributed by atoms with E-state index in [1.165, 1.54) is 5.56 Å². The lowest BCUT2D eigenvalue weighted by atomic mass is 10.1. The Morgan fingerprint density at radius 2 is 1.83 bits per heavy atom. The summed E-state index contributed by atoms with van der Waals surface area (Å²) >= 11 is 0. The number of aliphatic carboxylic acids is 1. The van der Waals surface area contributed by atoms with Crippen LogP contribution in [0.2, 0.25) is 0 Å². The Kier molecular flexibility index (Phi) is 6.37. The molecule has 2 aromatic carbocycles. The van der Waals surface area contributed by atoms with E-state index in [0.29, 0.717) is 11.3 Å². The van der Waals surface area contributed by atoms with Crippen molar-refractivity contribution in [2.24, 2.45) is 0 Å². The van der Waals surface area contributed by atoms with Gasteiger partial charge in [-0.2, -0.15) is 0 Å². The van der Waals surface area contributed by atoms with Gasteiger partial charge < -0.3 is 15.7 Å². The van der Waals surface area contributed by atoms with Gasteiger partial charge in [0.2, 0.25) is 0 Å². The van der Waals surface area contributed by atoms with Crippen molar-refractivity contribution in [3.05, 3.63) is 65.7 Å². The molecule has 0 aliphatic heterocycles. The number of benzene rings is 2. The van der Waals surface area contributed by atoms with Crippen LogP contribution >= 0.6 is 0 Å². The van der Waals surface area contributed by atoms with Crippen LogP contribution in [-0.2, 0) is 11.2 Å². The van der Waals surface area contributed by atoms with Gasteiger partial charge in [-0.15, -0.1) is 0 Å². The molecule has 2 aromatic rings. The van der Waals surface area contributed by atoms with Crippen LogP contribution in [0.5, 0.6) is 0 Å². The lowest BCUT2D eigenvalue weighted by Crippen LogP contribution is -2.32. The van der Waals surface area contributed by atoms with Crippen LogP contribution in [-0.4, -0.2) is 29.6 Å². The van der Waals surface area contributed by atoms with Gasteiger partial charge in [0.25, 0.3) is 5.91 Å². The summed E-state index contributed by atoms with van der Waals surface area (Å²) < 4.78 is 0. The van der Waals surface area contributed by atoms with Gasteiger partial charge in [0.05, 0.1) is 0 Å². The highest BCUT2D eigenvalue weighted by Gasteiger charge is 2.10. The van der Waals surface area contributed by atoms with Crippen LogP contribution in [0.1, 0.15) is 29.3 Å². The largest absolute Gasteiger partial charge is 0.480 e. The van der Waals surface area contributed by atoms with Gasteiger partial charge in [-0.05, 0) is 43.5 Å². The van der Waals surface area contributed by atoms with Crippen molar-refractivity contribution in [1.82, 2.24) is 5.32 Å². The van der Waals surface area contributed by atoms with E-state index < -0.39 is 5.97 Å². The molecule has 0 aliphatic carbocycles. The van der Waals surface area contributed by atoms with Crippen molar-refractivity contribution in [3.63, 3.8) is 0 Å². The first-order valence-electron chi connectivity index (χ1n) is 7.95. The van der Waals surface area contributed by atoms with Crippen molar-refractivity contribution in [1.29, 1.82) is 0 Å². The molecule has 0 heterocycles. The number of carbonyl (C=O) groups is 2. The Hall–Kier alpha value is -2.82. The molecule has 0 spiro atoms. The molecule has 24 heavy (non-hydrogen) atoms. The molecule has 0 unspecified atom stereocenters. The molecule has 3 N–H and O–H groups in total. The van der Waals surface area contributed by atoms with E-state index in [0.717, 1.165) is 12.8 Å². The molecule has 5 nitrogen and oxygen atoms in total. The maximum absolute atomic E-state index is 12.3. The minimum atomic E-state index is -0.945. The number of carboxylic acids is 1. The zero-order valence-corrected chi connectivity index (χ0v) is 13.7. The number of hydrogen-bond donors (Lipinski definition) is 3. The summed E-state index contributed by atoms with van der Waals surface area (Å²) in [4.78, 5) is 22.9. The third-order valence-corrected chi connectivity index (χ3v) is 3.65. The number of hydrogen-bond acceptors (Lipinski definition) is 3. The minimum Gasteiger partial charge on any atom is -0.480 e. The molecule has 0 aromatic heterocycles. The van der Waals surface area contributed by atoms with Gasteiger partial charge >= 0.3 is 5.97 Å². The molecule has 0 saturated carbocycles. The second-order valence-corrected chi connectivity index (χ2v) is 5.73. The Morgan fingerprint density at radius 3 is 2.54 bits per heavy atom.